The standard InChI is InChI=1S/3C2H6O2.CH2I2Te/c3*3-1-2-4;2-1(3)4/h3*3-4H,1-2H2;1,4H. The molecule has 104 valence electrons. The maximum atomic E-state index is 7.62. The number of hydrogen-bond donors (Lipinski definition) is 6. The molecule has 0 rings (SSSR count). The van der Waals surface area contributed by atoms with E-state index in [9.17, 15) is 0 Å². The first-order valence-electron chi connectivity index (χ1n) is 4.09. The number of aliphatic hydroxyl groups is 6. The van der Waals surface area contributed by atoms with E-state index in [4.69, 9.17) is 30.6 Å². The predicted molar refractivity (Wildman–Crippen MR) is 81.5 cm³/mol. The Morgan fingerprint density at radius 1 is 0.625 bits per heavy atom. The van der Waals surface area contributed by atoms with Gasteiger partial charge in [-0.3, -0.25) is 0 Å². The zero-order valence-corrected chi connectivity index (χ0v) is 15.6. The Morgan fingerprint density at radius 3 is 0.688 bits per heavy atom. The van der Waals surface area contributed by atoms with Crippen LogP contribution in [-0.2, 0) is 0 Å². The Labute approximate surface area is 136 Å². The molecule has 0 aromatic carbocycles. The zero-order valence-electron chi connectivity index (χ0n) is 8.71. The van der Waals surface area contributed by atoms with Crippen LogP contribution >= 0.6 is 45.2 Å². The van der Waals surface area contributed by atoms with Crippen molar-refractivity contribution in [3.8, 4) is 0 Å². The second-order valence-electron chi connectivity index (χ2n) is 1.62. The van der Waals surface area contributed by atoms with Gasteiger partial charge in [-0.1, -0.05) is 0 Å². The van der Waals surface area contributed by atoms with Gasteiger partial charge in [0.2, 0.25) is 0 Å². The van der Waals surface area contributed by atoms with Crippen molar-refractivity contribution in [3.63, 3.8) is 0 Å². The molecule has 9 heteroatoms. The molecule has 0 radical (unpaired) electrons. The summed E-state index contributed by atoms with van der Waals surface area (Å²) in [4.78, 5) is 0. The fraction of sp³-hybridized carbons (Fsp3) is 1.00. The number of rotatable bonds is 3. The Hall–Kier alpha value is 2.01. The van der Waals surface area contributed by atoms with Crippen molar-refractivity contribution in [1.82, 2.24) is 0 Å². The monoisotopic (exact) mass is 584 g/mol. The average Bonchev–Trinajstić information content (AvgIpc) is 2.28. The van der Waals surface area contributed by atoms with Crippen LogP contribution in [0.1, 0.15) is 0 Å². The van der Waals surface area contributed by atoms with Crippen molar-refractivity contribution in [3.05, 3.63) is 0 Å². The molecular weight excluding hydrogens is 561 g/mol. The minimum absolute atomic E-state index is 0.125. The summed E-state index contributed by atoms with van der Waals surface area (Å²) in [6.07, 6.45) is 0. The van der Waals surface area contributed by atoms with Gasteiger partial charge in [0.05, 0.1) is 39.6 Å². The first-order valence-corrected chi connectivity index (χ1v) is 8.06. The molecular formula is C7H20I2O6Te. The summed E-state index contributed by atoms with van der Waals surface area (Å²) in [7, 11) is 0. The summed E-state index contributed by atoms with van der Waals surface area (Å²) in [5, 5.41) is 45.8. The van der Waals surface area contributed by atoms with E-state index in [0.717, 1.165) is -0.0207 Å². The van der Waals surface area contributed by atoms with Gasteiger partial charge in [-0.25, -0.2) is 0 Å². The van der Waals surface area contributed by atoms with Crippen LogP contribution in [0.25, 0.3) is 0 Å². The van der Waals surface area contributed by atoms with Crippen LogP contribution in [0.4, 0.5) is 0 Å². The third kappa shape index (κ3) is 144. The van der Waals surface area contributed by atoms with Gasteiger partial charge in [0.15, 0.2) is 0 Å². The molecule has 6 N–H and O–H groups in total. The van der Waals surface area contributed by atoms with E-state index in [1.165, 1.54) is 0 Å². The van der Waals surface area contributed by atoms with E-state index < -0.39 is 0 Å². The van der Waals surface area contributed by atoms with Crippen molar-refractivity contribution in [2.45, 2.75) is -0.0207 Å². The van der Waals surface area contributed by atoms with Crippen LogP contribution in [0.2, 0.25) is 0 Å². The summed E-state index contributed by atoms with van der Waals surface area (Å²) >= 11 is 6.55. The molecule has 0 aromatic heterocycles. The molecule has 0 atom stereocenters. The Morgan fingerprint density at radius 2 is 0.688 bits per heavy atom. The van der Waals surface area contributed by atoms with Crippen LogP contribution < -0.4 is 0 Å². The molecule has 16 heavy (non-hydrogen) atoms. The van der Waals surface area contributed by atoms with Gasteiger partial charge in [-0.05, 0) is 0 Å². The molecule has 0 spiro atoms. The molecule has 0 bridgehead atoms. The van der Waals surface area contributed by atoms with Crippen LogP contribution in [0, 0.1) is 0 Å². The SMILES string of the molecule is OCCO.OCCO.OCCO.[TeH]C(I)I. The molecule has 0 aromatic rings. The van der Waals surface area contributed by atoms with Crippen molar-refractivity contribution in [2.75, 3.05) is 39.6 Å². The van der Waals surface area contributed by atoms with Gasteiger partial charge in [-0.2, -0.15) is 0 Å². The molecule has 0 heterocycles. The normalized spacial score (nSPS) is 7.88. The van der Waals surface area contributed by atoms with E-state index in [1.54, 1.807) is 0 Å². The molecule has 0 fully saturated rings. The van der Waals surface area contributed by atoms with Gasteiger partial charge < -0.3 is 30.6 Å². The second-order valence-corrected chi connectivity index (χ2v) is 13.8. The summed E-state index contributed by atoms with van der Waals surface area (Å²) in [6, 6.07) is 0. The predicted octanol–water partition coefficient (Wildman–Crippen LogP) is -2.05. The molecule has 0 amide bonds. The topological polar surface area (TPSA) is 121 Å². The summed E-state index contributed by atoms with van der Waals surface area (Å²) < 4.78 is 0.823. The fourth-order valence-corrected chi connectivity index (χ4v) is 0. The van der Waals surface area contributed by atoms with Crippen molar-refractivity contribution in [1.29, 1.82) is 0 Å². The summed E-state index contributed by atoms with van der Waals surface area (Å²) in [6.45, 7) is -0.750. The van der Waals surface area contributed by atoms with Gasteiger partial charge in [0, 0.05) is 0 Å². The maximum absolute atomic E-state index is 7.62. The average molecular weight is 582 g/mol. The molecule has 0 saturated carbocycles. The first kappa shape index (κ1) is 26.5. The van der Waals surface area contributed by atoms with Crippen LogP contribution in [0.3, 0.4) is 0 Å². The fourth-order valence-electron chi connectivity index (χ4n) is 0. The molecule has 0 saturated heterocycles. The third-order valence-corrected chi connectivity index (χ3v) is 0.300. The summed E-state index contributed by atoms with van der Waals surface area (Å²) in [5.41, 5.74) is 0. The molecule has 0 aliphatic carbocycles. The number of hydrogen-bond acceptors (Lipinski definition) is 6. The van der Waals surface area contributed by atoms with Gasteiger partial charge in [-0.15, -0.1) is 0 Å². The van der Waals surface area contributed by atoms with Crippen molar-refractivity contribution in [2.24, 2.45) is 0 Å². The Kier molecular flexibility index (Phi) is 59.7. The first-order chi connectivity index (χ1) is 7.47. The van der Waals surface area contributed by atoms with Crippen LogP contribution in [0.5, 0.6) is 0 Å². The van der Waals surface area contributed by atoms with Crippen LogP contribution in [-0.4, -0.2) is 92.6 Å². The molecule has 6 nitrogen and oxygen atoms in total. The Balaban J connectivity index is -0.0000000600. The number of halogens is 2. The quantitative estimate of drug-likeness (QED) is 0.130. The third-order valence-electron chi connectivity index (χ3n) is 0.300. The minimum atomic E-state index is -0.125. The van der Waals surface area contributed by atoms with E-state index in [-0.39, 0.29) is 39.6 Å². The van der Waals surface area contributed by atoms with E-state index >= 15 is 0 Å². The molecule has 0 unspecified atom stereocenters. The Bertz CT molecular complexity index is 63.6. The van der Waals surface area contributed by atoms with Gasteiger partial charge in [0.25, 0.3) is 0 Å². The van der Waals surface area contributed by atoms with E-state index in [0.29, 0.717) is 0 Å². The molecule has 0 aliphatic rings. The zero-order chi connectivity index (χ0) is 13.8. The second kappa shape index (κ2) is 36.0. The summed E-state index contributed by atoms with van der Waals surface area (Å²) in [5.74, 6) is 0. The number of alkyl halides is 2. The van der Waals surface area contributed by atoms with Crippen molar-refractivity contribution >= 4 is 67.5 Å². The van der Waals surface area contributed by atoms with Gasteiger partial charge in [0.1, 0.15) is 0 Å². The molecule has 0 aliphatic heterocycles. The number of aliphatic hydroxyl groups excluding tert-OH is 6. The van der Waals surface area contributed by atoms with Crippen LogP contribution in [0.15, 0.2) is 0 Å². The van der Waals surface area contributed by atoms with Crippen molar-refractivity contribution < 1.29 is 30.6 Å². The van der Waals surface area contributed by atoms with E-state index in [2.05, 4.69) is 45.2 Å². The van der Waals surface area contributed by atoms with E-state index in [1.807, 2.05) is 22.3 Å². The van der Waals surface area contributed by atoms with Gasteiger partial charge >= 0.3 is 67.5 Å².